The zero-order chi connectivity index (χ0) is 70.6. The molecule has 20 heteroatoms. The molecule has 0 amide bonds. The van der Waals surface area contributed by atoms with Gasteiger partial charge in [-0.3, -0.25) is 0 Å². The second-order valence-corrected chi connectivity index (χ2v) is 24.0. The Kier molecular flexibility index (Phi) is 18.4. The Morgan fingerprint density at radius 1 is 0.290 bits per heavy atom. The second-order valence-electron chi connectivity index (χ2n) is 24.0. The van der Waals surface area contributed by atoms with Crippen molar-refractivity contribution in [2.45, 2.75) is 50.4 Å². The lowest BCUT2D eigenvalue weighted by molar-refractivity contribution is 0.0592. The molecule has 2 aliphatic rings. The molecule has 0 bridgehead atoms. The fourth-order valence-corrected chi connectivity index (χ4v) is 12.7. The van der Waals surface area contributed by atoms with Crippen LogP contribution in [0.3, 0.4) is 0 Å². The third-order valence-electron chi connectivity index (χ3n) is 17.5. The maximum atomic E-state index is 12.3. The van der Waals surface area contributed by atoms with Gasteiger partial charge in [0, 0.05) is 11.8 Å². The van der Waals surface area contributed by atoms with Crippen LogP contribution in [0.5, 0.6) is 92.0 Å². The summed E-state index contributed by atoms with van der Waals surface area (Å²) in [4.78, 5) is 49.1. The van der Waals surface area contributed by atoms with Gasteiger partial charge >= 0.3 is 23.9 Å². The van der Waals surface area contributed by atoms with Gasteiger partial charge in [0.2, 0.25) is 0 Å². The standard InChI is InChI=1S/C80H58N4O16/c1-79(2)59-39-71(99-67-19-11-15-63(57(67)43-83)95-51-33-25-47(26-34-51)77(87)91-7)69(97-65-17-9-13-61(55(65)41-81)93-49-29-21-45(22-30-49)75(85)89-5)37-53(59)74-73(79)54-38-70(98-66-18-10-14-62(56(66)42-82)94-50-31-23-46(24-32-50)76(86)90-6)72(40-60(54)80(74,3)4)100-68-20-12-16-64(58(68)44-84)96-52-35-27-48(28-36-52)78(88)92-8/h9-40,73-74H,1-8H3. The van der Waals surface area contributed by atoms with Crippen molar-refractivity contribution < 1.29 is 76.0 Å². The fraction of sp³-hybridized carbons (Fsp3) is 0.150. The molecule has 2 atom stereocenters. The first-order valence-electron chi connectivity index (χ1n) is 31.0. The van der Waals surface area contributed by atoms with Crippen molar-refractivity contribution in [1.82, 2.24) is 0 Å². The Labute approximate surface area is 574 Å². The monoisotopic (exact) mass is 1330 g/mol. The van der Waals surface area contributed by atoms with Crippen molar-refractivity contribution in [2.24, 2.45) is 0 Å². The summed E-state index contributed by atoms with van der Waals surface area (Å²) in [5.74, 6) is -0.0682. The molecule has 0 aliphatic heterocycles. The molecular weight excluding hydrogens is 1270 g/mol. The number of esters is 4. The number of nitriles is 4. The molecule has 100 heavy (non-hydrogen) atoms. The van der Waals surface area contributed by atoms with Gasteiger partial charge in [0.1, 0.15) is 116 Å². The SMILES string of the molecule is COC(=O)c1ccc(Oc2cccc(Oc3cc4c(cc3Oc3cccc(Oc5ccc(C(=O)OC)cc5)c3C#N)C(C)(C)C3c5cc(Oc6cccc(Oc7ccc(C(=O)OC)cc7)c6C#N)c(Oc6cccc(Oc7ccc(C(=O)OC)cc7)c6C#N)cc5C(C)(C)C43)c2C#N)cc1. The molecule has 0 saturated heterocycles. The highest BCUT2D eigenvalue weighted by Gasteiger charge is 2.59. The molecule has 494 valence electrons. The van der Waals surface area contributed by atoms with Crippen LogP contribution < -0.4 is 37.9 Å². The summed E-state index contributed by atoms with van der Waals surface area (Å²) < 4.78 is 72.2. The quantitative estimate of drug-likeness (QED) is 0.0506. The minimum absolute atomic E-state index is 0.0149. The third kappa shape index (κ3) is 12.8. The Balaban J connectivity index is 0.979. The predicted molar refractivity (Wildman–Crippen MR) is 361 cm³/mol. The van der Waals surface area contributed by atoms with Crippen LogP contribution in [-0.4, -0.2) is 52.3 Å². The van der Waals surface area contributed by atoms with Gasteiger partial charge in [0.25, 0.3) is 0 Å². The number of ether oxygens (including phenoxy) is 12. The fourth-order valence-electron chi connectivity index (χ4n) is 12.7. The van der Waals surface area contributed by atoms with E-state index >= 15 is 0 Å². The number of carbonyl (C=O) groups is 4. The summed E-state index contributed by atoms with van der Waals surface area (Å²) in [7, 11) is 5.12. The molecule has 2 aliphatic carbocycles. The van der Waals surface area contributed by atoms with E-state index in [1.165, 1.54) is 77.0 Å². The number of methoxy groups -OCH3 is 4. The van der Waals surface area contributed by atoms with Crippen LogP contribution in [-0.2, 0) is 29.8 Å². The summed E-state index contributed by atoms with van der Waals surface area (Å²) in [6.45, 7) is 8.46. The molecule has 10 aromatic carbocycles. The highest BCUT2D eigenvalue weighted by atomic mass is 16.6. The van der Waals surface area contributed by atoms with Gasteiger partial charge in [-0.25, -0.2) is 19.2 Å². The second kappa shape index (κ2) is 27.6. The van der Waals surface area contributed by atoms with E-state index in [1.54, 1.807) is 121 Å². The molecule has 10 aromatic rings. The van der Waals surface area contributed by atoms with E-state index in [-0.39, 0.29) is 103 Å². The molecule has 0 heterocycles. The van der Waals surface area contributed by atoms with Gasteiger partial charge in [-0.1, -0.05) is 52.0 Å². The van der Waals surface area contributed by atoms with E-state index in [1.807, 2.05) is 24.3 Å². The van der Waals surface area contributed by atoms with Gasteiger partial charge in [0.05, 0.1) is 50.7 Å². The summed E-state index contributed by atoms with van der Waals surface area (Å²) in [6, 6.07) is 60.9. The topological polar surface area (TPSA) is 274 Å². The maximum Gasteiger partial charge on any atom is 0.337 e. The first-order chi connectivity index (χ1) is 48.3. The van der Waals surface area contributed by atoms with Crippen LogP contribution in [0.15, 0.2) is 194 Å². The number of benzene rings is 10. The van der Waals surface area contributed by atoms with Crippen molar-refractivity contribution in [1.29, 1.82) is 21.0 Å². The number of hydrogen-bond donors (Lipinski definition) is 0. The average Bonchev–Trinajstić information content (AvgIpc) is 1.52. The summed E-state index contributed by atoms with van der Waals surface area (Å²) in [6.07, 6.45) is 0. The lowest BCUT2D eigenvalue weighted by Gasteiger charge is -2.31. The first-order valence-corrected chi connectivity index (χ1v) is 31.0. The molecule has 0 spiro atoms. The number of nitrogens with zero attached hydrogens (tertiary/aromatic N) is 4. The Morgan fingerprint density at radius 2 is 0.490 bits per heavy atom. The minimum atomic E-state index is -0.767. The van der Waals surface area contributed by atoms with E-state index in [9.17, 15) is 40.2 Å². The minimum Gasteiger partial charge on any atom is -0.465 e. The van der Waals surface area contributed by atoms with E-state index < -0.39 is 34.7 Å². The van der Waals surface area contributed by atoms with Crippen LogP contribution in [0.1, 0.15) is 125 Å². The Morgan fingerprint density at radius 3 is 0.690 bits per heavy atom. The highest BCUT2D eigenvalue weighted by molar-refractivity contribution is 5.91. The van der Waals surface area contributed by atoms with Crippen LogP contribution >= 0.6 is 0 Å². The van der Waals surface area contributed by atoms with E-state index in [0.29, 0.717) is 45.3 Å². The molecule has 2 unspecified atom stereocenters. The molecule has 0 aromatic heterocycles. The van der Waals surface area contributed by atoms with E-state index in [4.69, 9.17) is 56.8 Å². The maximum absolute atomic E-state index is 12.3. The number of hydrogen-bond acceptors (Lipinski definition) is 20. The van der Waals surface area contributed by atoms with Gasteiger partial charge in [-0.05, 0) is 203 Å². The molecular formula is C80H58N4O16. The molecule has 0 N–H and O–H groups in total. The van der Waals surface area contributed by atoms with Crippen molar-refractivity contribution >= 4 is 23.9 Å². The lowest BCUT2D eigenvalue weighted by atomic mass is 9.72. The number of carbonyl (C=O) groups excluding carboxylic acids is 4. The van der Waals surface area contributed by atoms with Crippen molar-refractivity contribution in [3.05, 3.63) is 261 Å². The molecule has 0 radical (unpaired) electrons. The smallest absolute Gasteiger partial charge is 0.337 e. The van der Waals surface area contributed by atoms with Crippen molar-refractivity contribution in [2.75, 3.05) is 28.4 Å². The van der Waals surface area contributed by atoms with E-state index in [0.717, 1.165) is 22.3 Å². The van der Waals surface area contributed by atoms with Crippen LogP contribution in [0, 0.1) is 45.3 Å². The van der Waals surface area contributed by atoms with Crippen LogP contribution in [0.4, 0.5) is 0 Å². The molecule has 20 nitrogen and oxygen atoms in total. The average molecular weight is 1330 g/mol. The third-order valence-corrected chi connectivity index (χ3v) is 17.5. The van der Waals surface area contributed by atoms with Gasteiger partial charge < -0.3 is 56.8 Å². The lowest BCUT2D eigenvalue weighted by Crippen LogP contribution is -2.25. The van der Waals surface area contributed by atoms with Crippen molar-refractivity contribution in [3.8, 4) is 116 Å². The molecule has 0 fully saturated rings. The Hall–Kier alpha value is -13.6. The Bertz CT molecular complexity index is 4780. The largest absolute Gasteiger partial charge is 0.465 e. The summed E-state index contributed by atoms with van der Waals surface area (Å²) in [5, 5.41) is 43.6. The van der Waals surface area contributed by atoms with Crippen molar-refractivity contribution in [3.63, 3.8) is 0 Å². The predicted octanol–water partition coefficient (Wildman–Crippen LogP) is 18.1. The highest BCUT2D eigenvalue weighted by Crippen LogP contribution is 2.69. The number of fused-ring (bicyclic) bond motifs is 5. The van der Waals surface area contributed by atoms with Gasteiger partial charge in [-0.2, -0.15) is 21.0 Å². The van der Waals surface area contributed by atoms with E-state index in [2.05, 4.69) is 52.0 Å². The van der Waals surface area contributed by atoms with Gasteiger partial charge in [-0.15, -0.1) is 0 Å². The normalized spacial score (nSPS) is 13.9. The molecule has 0 saturated carbocycles. The van der Waals surface area contributed by atoms with Crippen LogP contribution in [0.25, 0.3) is 0 Å². The zero-order valence-electron chi connectivity index (χ0n) is 55.0. The summed E-state index contributed by atoms with van der Waals surface area (Å²) >= 11 is 0. The van der Waals surface area contributed by atoms with Gasteiger partial charge in [0.15, 0.2) is 23.0 Å². The first kappa shape index (κ1) is 66.5. The summed E-state index contributed by atoms with van der Waals surface area (Å²) in [5.41, 5.74) is 3.10. The zero-order valence-corrected chi connectivity index (χ0v) is 55.0. The van der Waals surface area contributed by atoms with Crippen LogP contribution in [0.2, 0.25) is 0 Å². The number of rotatable bonds is 20. The molecule has 12 rings (SSSR count).